The Morgan fingerprint density at radius 3 is 2.80 bits per heavy atom. The van der Waals surface area contributed by atoms with E-state index in [0.717, 1.165) is 40.4 Å². The lowest BCUT2D eigenvalue weighted by Gasteiger charge is -2.15. The summed E-state index contributed by atoms with van der Waals surface area (Å²) in [4.78, 5) is 4.46. The van der Waals surface area contributed by atoms with E-state index in [1.807, 2.05) is 26.2 Å². The molecule has 0 saturated carbocycles. The summed E-state index contributed by atoms with van der Waals surface area (Å²) >= 11 is 0. The summed E-state index contributed by atoms with van der Waals surface area (Å²) in [6, 6.07) is 8.33. The number of benzene rings is 1. The molecule has 1 aliphatic rings. The van der Waals surface area contributed by atoms with Crippen molar-refractivity contribution in [2.45, 2.75) is 19.6 Å². The standard InChI is InChI=1S/C19H19FN4O/c1-12-9-21-10-17-19(25-12)15(7-8-22-17)16-11-24(2)23-18(16)13-3-5-14(20)6-4-13/h3-8,11-12,21H,9-10H2,1-2H3. The highest BCUT2D eigenvalue weighted by molar-refractivity contribution is 5.83. The van der Waals surface area contributed by atoms with E-state index in [0.29, 0.717) is 6.54 Å². The van der Waals surface area contributed by atoms with Crippen molar-refractivity contribution in [2.24, 2.45) is 7.05 Å². The number of nitrogens with zero attached hydrogens (tertiary/aromatic N) is 3. The first-order valence-electron chi connectivity index (χ1n) is 8.27. The molecule has 3 heterocycles. The SMILES string of the molecule is CC1CNCc2nccc(-c3cn(C)nc3-c3ccc(F)cc3)c2O1. The molecule has 1 aliphatic heterocycles. The monoisotopic (exact) mass is 338 g/mol. The molecule has 6 heteroatoms. The summed E-state index contributed by atoms with van der Waals surface area (Å²) in [5, 5.41) is 7.92. The third-order valence-corrected chi connectivity index (χ3v) is 4.26. The Morgan fingerprint density at radius 1 is 1.20 bits per heavy atom. The molecule has 0 amide bonds. The van der Waals surface area contributed by atoms with Crippen LogP contribution in [0.5, 0.6) is 5.75 Å². The number of nitrogens with one attached hydrogen (secondary N) is 1. The van der Waals surface area contributed by atoms with Crippen LogP contribution in [-0.4, -0.2) is 27.4 Å². The first-order chi connectivity index (χ1) is 12.1. The largest absolute Gasteiger partial charge is 0.487 e. The van der Waals surface area contributed by atoms with E-state index in [1.165, 1.54) is 12.1 Å². The van der Waals surface area contributed by atoms with Gasteiger partial charge in [-0.05, 0) is 37.3 Å². The van der Waals surface area contributed by atoms with Gasteiger partial charge in [-0.15, -0.1) is 0 Å². The van der Waals surface area contributed by atoms with Crippen molar-refractivity contribution in [3.8, 4) is 28.1 Å². The smallest absolute Gasteiger partial charge is 0.150 e. The predicted octanol–water partition coefficient (Wildman–Crippen LogP) is 3.16. The molecule has 0 radical (unpaired) electrons. The van der Waals surface area contributed by atoms with Crippen molar-refractivity contribution in [1.29, 1.82) is 0 Å². The van der Waals surface area contributed by atoms with Gasteiger partial charge < -0.3 is 10.1 Å². The van der Waals surface area contributed by atoms with Crippen molar-refractivity contribution in [2.75, 3.05) is 6.54 Å². The number of rotatable bonds is 2. The van der Waals surface area contributed by atoms with Crippen LogP contribution in [0.2, 0.25) is 0 Å². The zero-order chi connectivity index (χ0) is 17.4. The second-order valence-corrected chi connectivity index (χ2v) is 6.27. The first-order valence-corrected chi connectivity index (χ1v) is 8.27. The molecular weight excluding hydrogens is 319 g/mol. The lowest BCUT2D eigenvalue weighted by atomic mass is 10.0. The van der Waals surface area contributed by atoms with E-state index in [-0.39, 0.29) is 11.9 Å². The van der Waals surface area contributed by atoms with Gasteiger partial charge in [0.2, 0.25) is 0 Å². The van der Waals surface area contributed by atoms with Crippen LogP contribution in [0.3, 0.4) is 0 Å². The Kier molecular flexibility index (Phi) is 3.97. The number of hydrogen-bond acceptors (Lipinski definition) is 4. The lowest BCUT2D eigenvalue weighted by molar-refractivity contribution is 0.227. The molecule has 0 aliphatic carbocycles. The van der Waals surface area contributed by atoms with Crippen molar-refractivity contribution in [3.05, 3.63) is 54.2 Å². The molecule has 1 unspecified atom stereocenters. The summed E-state index contributed by atoms with van der Waals surface area (Å²) in [6.45, 7) is 3.47. The minimum Gasteiger partial charge on any atom is -0.487 e. The fraction of sp³-hybridized carbons (Fsp3) is 0.263. The molecule has 128 valence electrons. The molecule has 0 bridgehead atoms. The summed E-state index contributed by atoms with van der Waals surface area (Å²) in [5.74, 6) is 0.526. The normalized spacial score (nSPS) is 16.8. The van der Waals surface area contributed by atoms with Gasteiger partial charge in [0.25, 0.3) is 0 Å². The van der Waals surface area contributed by atoms with E-state index in [2.05, 4.69) is 15.4 Å². The van der Waals surface area contributed by atoms with Crippen molar-refractivity contribution >= 4 is 0 Å². The minimum absolute atomic E-state index is 0.0511. The third-order valence-electron chi connectivity index (χ3n) is 4.26. The number of halogens is 1. The zero-order valence-corrected chi connectivity index (χ0v) is 14.2. The van der Waals surface area contributed by atoms with Gasteiger partial charge in [0.1, 0.15) is 17.6 Å². The summed E-state index contributed by atoms with van der Waals surface area (Å²) in [6.07, 6.45) is 3.80. The van der Waals surface area contributed by atoms with E-state index in [1.54, 1.807) is 23.0 Å². The summed E-state index contributed by atoms with van der Waals surface area (Å²) < 4.78 is 21.2. The van der Waals surface area contributed by atoms with Crippen LogP contribution in [-0.2, 0) is 13.6 Å². The molecule has 4 rings (SSSR count). The first kappa shape index (κ1) is 15.8. The van der Waals surface area contributed by atoms with Gasteiger partial charge in [-0.1, -0.05) is 0 Å². The predicted molar refractivity (Wildman–Crippen MR) is 93.6 cm³/mol. The summed E-state index contributed by atoms with van der Waals surface area (Å²) in [7, 11) is 1.88. The maximum atomic E-state index is 13.3. The number of ether oxygens (including phenoxy) is 1. The fourth-order valence-corrected chi connectivity index (χ4v) is 3.10. The fourth-order valence-electron chi connectivity index (χ4n) is 3.10. The van der Waals surface area contributed by atoms with E-state index >= 15 is 0 Å². The highest BCUT2D eigenvalue weighted by Gasteiger charge is 2.22. The van der Waals surface area contributed by atoms with E-state index in [9.17, 15) is 4.39 Å². The molecule has 3 aromatic rings. The Labute approximate surface area is 145 Å². The average molecular weight is 338 g/mol. The maximum absolute atomic E-state index is 13.3. The molecule has 5 nitrogen and oxygen atoms in total. The van der Waals surface area contributed by atoms with Gasteiger partial charge in [0.05, 0.1) is 5.69 Å². The van der Waals surface area contributed by atoms with Crippen molar-refractivity contribution < 1.29 is 9.13 Å². The lowest BCUT2D eigenvalue weighted by Crippen LogP contribution is -2.25. The third kappa shape index (κ3) is 3.00. The van der Waals surface area contributed by atoms with Crippen LogP contribution in [0.25, 0.3) is 22.4 Å². The van der Waals surface area contributed by atoms with Crippen LogP contribution in [0.15, 0.2) is 42.7 Å². The molecule has 1 aromatic carbocycles. The van der Waals surface area contributed by atoms with Gasteiger partial charge in [0, 0.05) is 49.2 Å². The molecule has 0 spiro atoms. The van der Waals surface area contributed by atoms with Crippen LogP contribution in [0.4, 0.5) is 4.39 Å². The van der Waals surface area contributed by atoms with Crippen LogP contribution >= 0.6 is 0 Å². The molecule has 0 fully saturated rings. The van der Waals surface area contributed by atoms with Crippen LogP contribution in [0, 0.1) is 5.82 Å². The highest BCUT2D eigenvalue weighted by atomic mass is 19.1. The van der Waals surface area contributed by atoms with Gasteiger partial charge in [-0.3, -0.25) is 9.67 Å². The van der Waals surface area contributed by atoms with Crippen LogP contribution in [0.1, 0.15) is 12.6 Å². The topological polar surface area (TPSA) is 52.0 Å². The molecule has 25 heavy (non-hydrogen) atoms. The molecular formula is C19H19FN4O. The number of fused-ring (bicyclic) bond motifs is 1. The molecule has 1 atom stereocenters. The van der Waals surface area contributed by atoms with Gasteiger partial charge in [0.15, 0.2) is 5.75 Å². The average Bonchev–Trinajstić information content (AvgIpc) is 2.87. The Bertz CT molecular complexity index is 904. The van der Waals surface area contributed by atoms with Crippen molar-refractivity contribution in [3.63, 3.8) is 0 Å². The van der Waals surface area contributed by atoms with E-state index in [4.69, 9.17) is 4.74 Å². The van der Waals surface area contributed by atoms with Crippen LogP contribution < -0.4 is 10.1 Å². The highest BCUT2D eigenvalue weighted by Crippen LogP contribution is 2.38. The minimum atomic E-state index is -0.262. The quantitative estimate of drug-likeness (QED) is 0.780. The van der Waals surface area contributed by atoms with Gasteiger partial charge in [-0.25, -0.2) is 4.39 Å². The number of aryl methyl sites for hydroxylation is 1. The maximum Gasteiger partial charge on any atom is 0.150 e. The number of pyridine rings is 1. The Morgan fingerprint density at radius 2 is 2.00 bits per heavy atom. The van der Waals surface area contributed by atoms with Gasteiger partial charge >= 0.3 is 0 Å². The second kappa shape index (κ2) is 6.29. The number of aromatic nitrogens is 3. The summed E-state index contributed by atoms with van der Waals surface area (Å²) in [5.41, 5.74) is 4.44. The molecule has 1 N–H and O–H groups in total. The Hall–Kier alpha value is -2.73. The molecule has 0 saturated heterocycles. The zero-order valence-electron chi connectivity index (χ0n) is 14.2. The number of hydrogen-bond donors (Lipinski definition) is 1. The van der Waals surface area contributed by atoms with E-state index < -0.39 is 0 Å². The van der Waals surface area contributed by atoms with Crippen molar-refractivity contribution in [1.82, 2.24) is 20.1 Å². The van der Waals surface area contributed by atoms with Gasteiger partial charge in [-0.2, -0.15) is 5.10 Å². The second-order valence-electron chi connectivity index (χ2n) is 6.27. The molecule has 2 aromatic heterocycles. The Balaban J connectivity index is 1.88.